The fraction of sp³-hybridized carbons (Fsp3) is 0.188. The molecule has 0 radical (unpaired) electrons. The average Bonchev–Trinajstić information content (AvgIpc) is 3.25. The number of carbonyl (C=O) groups is 1. The minimum atomic E-state index is -0.509. The third-order valence-electron chi connectivity index (χ3n) is 3.20. The van der Waals surface area contributed by atoms with E-state index < -0.39 is 5.82 Å². The van der Waals surface area contributed by atoms with Gasteiger partial charge in [-0.3, -0.25) is 4.79 Å². The average molecular weight is 347 g/mol. The van der Waals surface area contributed by atoms with Crippen molar-refractivity contribution in [1.82, 2.24) is 15.0 Å². The van der Waals surface area contributed by atoms with Gasteiger partial charge < -0.3 is 14.2 Å². The van der Waals surface area contributed by atoms with E-state index in [4.69, 9.17) is 9.26 Å². The van der Waals surface area contributed by atoms with Gasteiger partial charge in [-0.15, -0.1) is 11.3 Å². The lowest BCUT2D eigenvalue weighted by Crippen LogP contribution is -2.31. The predicted molar refractivity (Wildman–Crippen MR) is 86.0 cm³/mol. The van der Waals surface area contributed by atoms with E-state index in [9.17, 15) is 9.18 Å². The number of halogens is 1. The molecule has 0 atom stereocenters. The van der Waals surface area contributed by atoms with Crippen LogP contribution in [-0.4, -0.2) is 34.6 Å². The van der Waals surface area contributed by atoms with Gasteiger partial charge in [0.05, 0.1) is 11.4 Å². The zero-order valence-electron chi connectivity index (χ0n) is 12.8. The Bertz CT molecular complexity index is 820. The summed E-state index contributed by atoms with van der Waals surface area (Å²) in [5.41, 5.74) is 0. The fourth-order valence-corrected chi connectivity index (χ4v) is 2.58. The van der Waals surface area contributed by atoms with Crippen LogP contribution in [0, 0.1) is 5.82 Å². The summed E-state index contributed by atoms with van der Waals surface area (Å²) in [5.74, 6) is 0.0141. The monoisotopic (exact) mass is 347 g/mol. The van der Waals surface area contributed by atoms with Crippen molar-refractivity contribution in [3.63, 3.8) is 0 Å². The highest BCUT2D eigenvalue weighted by Crippen LogP contribution is 2.21. The SMILES string of the molecule is CN(Cc1nc(-c2cccs2)no1)C(=O)COc1ccccc1F. The van der Waals surface area contributed by atoms with Crippen molar-refractivity contribution >= 4 is 17.2 Å². The third kappa shape index (κ3) is 3.77. The second-order valence-electron chi connectivity index (χ2n) is 4.96. The van der Waals surface area contributed by atoms with E-state index in [1.165, 1.54) is 28.4 Å². The Morgan fingerprint density at radius 1 is 1.33 bits per heavy atom. The topological polar surface area (TPSA) is 68.5 Å². The zero-order valence-corrected chi connectivity index (χ0v) is 13.6. The Labute approximate surface area is 141 Å². The van der Waals surface area contributed by atoms with Crippen LogP contribution in [-0.2, 0) is 11.3 Å². The molecule has 3 aromatic rings. The Morgan fingerprint density at radius 3 is 2.92 bits per heavy atom. The maximum Gasteiger partial charge on any atom is 0.260 e. The van der Waals surface area contributed by atoms with Gasteiger partial charge in [0.2, 0.25) is 11.7 Å². The van der Waals surface area contributed by atoms with Gasteiger partial charge in [0.15, 0.2) is 18.2 Å². The van der Waals surface area contributed by atoms with E-state index in [-0.39, 0.29) is 24.8 Å². The number of nitrogens with zero attached hydrogens (tertiary/aromatic N) is 3. The number of benzene rings is 1. The van der Waals surface area contributed by atoms with Crippen LogP contribution in [0.3, 0.4) is 0 Å². The molecular weight excluding hydrogens is 333 g/mol. The summed E-state index contributed by atoms with van der Waals surface area (Å²) < 4.78 is 23.8. The first-order chi connectivity index (χ1) is 11.6. The van der Waals surface area contributed by atoms with E-state index in [0.29, 0.717) is 11.7 Å². The van der Waals surface area contributed by atoms with Gasteiger partial charge in [-0.1, -0.05) is 23.4 Å². The molecule has 0 unspecified atom stereocenters. The number of hydrogen-bond acceptors (Lipinski definition) is 6. The molecule has 8 heteroatoms. The van der Waals surface area contributed by atoms with Crippen molar-refractivity contribution in [2.24, 2.45) is 0 Å². The summed E-state index contributed by atoms with van der Waals surface area (Å²) in [6, 6.07) is 9.71. The van der Waals surface area contributed by atoms with Crippen LogP contribution in [0.25, 0.3) is 10.7 Å². The normalized spacial score (nSPS) is 10.6. The predicted octanol–water partition coefficient (Wildman–Crippen LogP) is 2.97. The molecule has 2 aromatic heterocycles. The van der Waals surface area contributed by atoms with Crippen molar-refractivity contribution < 1.29 is 18.4 Å². The first kappa shape index (κ1) is 16.1. The van der Waals surface area contributed by atoms with Crippen LogP contribution in [0.1, 0.15) is 5.89 Å². The second kappa shape index (κ2) is 7.22. The Hall–Kier alpha value is -2.74. The van der Waals surface area contributed by atoms with Crippen LogP contribution in [0.5, 0.6) is 5.75 Å². The molecule has 24 heavy (non-hydrogen) atoms. The number of para-hydroxylation sites is 1. The number of likely N-dealkylation sites (N-methyl/N-ethyl adjacent to an activating group) is 1. The van der Waals surface area contributed by atoms with Gasteiger partial charge in [0.1, 0.15) is 0 Å². The first-order valence-corrected chi connectivity index (χ1v) is 7.99. The molecule has 3 rings (SSSR count). The molecule has 0 aliphatic carbocycles. The van der Waals surface area contributed by atoms with E-state index in [1.54, 1.807) is 19.2 Å². The molecule has 2 heterocycles. The summed E-state index contributed by atoms with van der Waals surface area (Å²) in [6.07, 6.45) is 0. The molecule has 0 aliphatic rings. The van der Waals surface area contributed by atoms with Crippen LogP contribution >= 0.6 is 11.3 Å². The lowest BCUT2D eigenvalue weighted by molar-refractivity contribution is -0.132. The Kier molecular flexibility index (Phi) is 4.85. The van der Waals surface area contributed by atoms with Crippen LogP contribution in [0.2, 0.25) is 0 Å². The van der Waals surface area contributed by atoms with Crippen LogP contribution in [0.4, 0.5) is 4.39 Å². The van der Waals surface area contributed by atoms with Crippen molar-refractivity contribution in [1.29, 1.82) is 0 Å². The van der Waals surface area contributed by atoms with Crippen LogP contribution in [0.15, 0.2) is 46.3 Å². The van der Waals surface area contributed by atoms with Gasteiger partial charge in [-0.2, -0.15) is 4.98 Å². The van der Waals surface area contributed by atoms with Crippen molar-refractivity contribution in [2.75, 3.05) is 13.7 Å². The summed E-state index contributed by atoms with van der Waals surface area (Å²) in [4.78, 5) is 18.6. The molecule has 6 nitrogen and oxygen atoms in total. The van der Waals surface area contributed by atoms with Gasteiger partial charge in [-0.25, -0.2) is 4.39 Å². The third-order valence-corrected chi connectivity index (χ3v) is 4.06. The highest BCUT2D eigenvalue weighted by molar-refractivity contribution is 7.13. The quantitative estimate of drug-likeness (QED) is 0.686. The second-order valence-corrected chi connectivity index (χ2v) is 5.91. The Morgan fingerprint density at radius 2 is 2.17 bits per heavy atom. The van der Waals surface area contributed by atoms with Crippen molar-refractivity contribution in [3.05, 3.63) is 53.5 Å². The minimum absolute atomic E-state index is 0.0389. The lowest BCUT2D eigenvalue weighted by Gasteiger charge is -2.15. The molecule has 1 aromatic carbocycles. The van der Waals surface area contributed by atoms with Gasteiger partial charge in [0.25, 0.3) is 5.91 Å². The Balaban J connectivity index is 1.55. The minimum Gasteiger partial charge on any atom is -0.481 e. The van der Waals surface area contributed by atoms with Gasteiger partial charge in [0, 0.05) is 7.05 Å². The number of rotatable bonds is 6. The molecule has 124 valence electrons. The maximum absolute atomic E-state index is 13.4. The molecule has 0 bridgehead atoms. The highest BCUT2D eigenvalue weighted by atomic mass is 32.1. The number of hydrogen-bond donors (Lipinski definition) is 0. The van der Waals surface area contributed by atoms with E-state index in [2.05, 4.69) is 10.1 Å². The first-order valence-electron chi connectivity index (χ1n) is 7.11. The maximum atomic E-state index is 13.4. The number of ether oxygens (including phenoxy) is 1. The molecule has 1 amide bonds. The number of carbonyl (C=O) groups excluding carboxylic acids is 1. The fourth-order valence-electron chi connectivity index (χ4n) is 1.93. The molecule has 0 N–H and O–H groups in total. The molecule has 0 fully saturated rings. The molecular formula is C16H14FN3O3S. The molecule has 0 aliphatic heterocycles. The number of aromatic nitrogens is 2. The van der Waals surface area contributed by atoms with E-state index in [1.807, 2.05) is 17.5 Å². The smallest absolute Gasteiger partial charge is 0.260 e. The summed E-state index contributed by atoms with van der Waals surface area (Å²) in [5, 5.41) is 5.80. The highest BCUT2D eigenvalue weighted by Gasteiger charge is 2.16. The largest absolute Gasteiger partial charge is 0.481 e. The van der Waals surface area contributed by atoms with Gasteiger partial charge >= 0.3 is 0 Å². The summed E-state index contributed by atoms with van der Waals surface area (Å²) in [6.45, 7) is -0.124. The molecule has 0 saturated heterocycles. The molecule has 0 saturated carbocycles. The lowest BCUT2D eigenvalue weighted by atomic mass is 10.3. The summed E-state index contributed by atoms with van der Waals surface area (Å²) in [7, 11) is 1.59. The standard InChI is InChI=1S/C16H14FN3O3S/c1-20(15(21)10-22-12-6-3-2-5-11(12)17)9-14-18-16(19-23-14)13-7-4-8-24-13/h2-8H,9-10H2,1H3. The summed E-state index contributed by atoms with van der Waals surface area (Å²) >= 11 is 1.50. The van der Waals surface area contributed by atoms with Crippen molar-refractivity contribution in [3.8, 4) is 16.5 Å². The zero-order chi connectivity index (χ0) is 16.9. The molecule has 0 spiro atoms. The number of thiophene rings is 1. The van der Waals surface area contributed by atoms with Crippen LogP contribution < -0.4 is 4.74 Å². The van der Waals surface area contributed by atoms with E-state index in [0.717, 1.165) is 4.88 Å². The van der Waals surface area contributed by atoms with E-state index >= 15 is 0 Å². The number of amides is 1. The van der Waals surface area contributed by atoms with Crippen molar-refractivity contribution in [2.45, 2.75) is 6.54 Å². The van der Waals surface area contributed by atoms with Gasteiger partial charge in [-0.05, 0) is 23.6 Å².